The highest BCUT2D eigenvalue weighted by molar-refractivity contribution is 6.05. The number of phenols is 1. The summed E-state index contributed by atoms with van der Waals surface area (Å²) in [4.78, 5) is 36.9. The first-order chi connectivity index (χ1) is 14.4. The Bertz CT molecular complexity index is 1230. The lowest BCUT2D eigenvalue weighted by Crippen LogP contribution is -2.50. The van der Waals surface area contributed by atoms with Crippen molar-refractivity contribution >= 4 is 28.7 Å². The Morgan fingerprint density at radius 2 is 1.81 bits per heavy atom. The Morgan fingerprint density at radius 3 is 2.42 bits per heavy atom. The minimum Gasteiger partial charge on any atom is -0.505 e. The summed E-state index contributed by atoms with van der Waals surface area (Å²) in [5, 5.41) is 21.2. The molecule has 3 aromatic rings. The summed E-state index contributed by atoms with van der Waals surface area (Å²) in [7, 11) is 0. The van der Waals surface area contributed by atoms with Crippen LogP contribution in [0.25, 0.3) is 10.9 Å². The molecular formula is C22H20F2N2O5. The van der Waals surface area contributed by atoms with Crippen molar-refractivity contribution < 1.29 is 33.4 Å². The van der Waals surface area contributed by atoms with E-state index in [4.69, 9.17) is 0 Å². The number of aliphatic carboxylic acids is 1. The van der Waals surface area contributed by atoms with E-state index >= 15 is 0 Å². The number of amides is 1. The molecule has 0 spiro atoms. The van der Waals surface area contributed by atoms with Gasteiger partial charge in [0.1, 0.15) is 11.4 Å². The molecule has 0 radical (unpaired) electrons. The molecule has 0 bridgehead atoms. The van der Waals surface area contributed by atoms with E-state index in [0.29, 0.717) is 0 Å². The van der Waals surface area contributed by atoms with Crippen LogP contribution in [-0.4, -0.2) is 38.1 Å². The minimum atomic E-state index is -1.57. The van der Waals surface area contributed by atoms with Crippen LogP contribution >= 0.6 is 0 Å². The second-order valence-electron chi connectivity index (χ2n) is 7.66. The summed E-state index contributed by atoms with van der Waals surface area (Å²) < 4.78 is 29.6. The number of fused-ring (bicyclic) bond motifs is 1. The van der Waals surface area contributed by atoms with E-state index in [2.05, 4.69) is 5.32 Å². The summed E-state index contributed by atoms with van der Waals surface area (Å²) in [5.41, 5.74) is -1.16. The molecule has 7 nitrogen and oxygen atoms in total. The van der Waals surface area contributed by atoms with E-state index in [-0.39, 0.29) is 27.7 Å². The van der Waals surface area contributed by atoms with Crippen LogP contribution in [0.1, 0.15) is 35.5 Å². The monoisotopic (exact) mass is 430 g/mol. The number of hydrogen-bond donors (Lipinski definition) is 3. The molecule has 3 rings (SSSR count). The predicted octanol–water partition coefficient (Wildman–Crippen LogP) is 3.14. The molecule has 3 N–H and O–H groups in total. The van der Waals surface area contributed by atoms with Crippen LogP contribution in [0.15, 0.2) is 36.4 Å². The maximum absolute atomic E-state index is 14.8. The Balaban J connectivity index is 2.15. The van der Waals surface area contributed by atoms with Gasteiger partial charge < -0.3 is 15.5 Å². The number of benzene rings is 2. The van der Waals surface area contributed by atoms with E-state index in [1.54, 1.807) is 0 Å². The average molecular weight is 430 g/mol. The van der Waals surface area contributed by atoms with Crippen LogP contribution in [0.4, 0.5) is 8.78 Å². The molecule has 0 saturated carbocycles. The van der Waals surface area contributed by atoms with Gasteiger partial charge in [-0.15, -0.1) is 0 Å². The summed E-state index contributed by atoms with van der Waals surface area (Å²) in [6.07, 6.45) is -0.442. The van der Waals surface area contributed by atoms with Crippen molar-refractivity contribution in [3.05, 3.63) is 64.9 Å². The number of nitrogens with one attached hydrogen (secondary N) is 1. The largest absolute Gasteiger partial charge is 0.505 e. The molecule has 0 unspecified atom stereocenters. The third-order valence-electron chi connectivity index (χ3n) is 5.01. The van der Waals surface area contributed by atoms with Gasteiger partial charge in [-0.1, -0.05) is 6.07 Å². The lowest BCUT2D eigenvalue weighted by molar-refractivity contribution is -0.145. The number of carboxylic acids is 1. The zero-order valence-corrected chi connectivity index (χ0v) is 17.0. The zero-order chi connectivity index (χ0) is 23.1. The first kappa shape index (κ1) is 21.9. The number of halogens is 2. The molecule has 0 saturated heterocycles. The van der Waals surface area contributed by atoms with Gasteiger partial charge in [-0.3, -0.25) is 14.2 Å². The Morgan fingerprint density at radius 1 is 1.13 bits per heavy atom. The molecule has 31 heavy (non-hydrogen) atoms. The lowest BCUT2D eigenvalue weighted by Gasteiger charge is -2.21. The molecule has 2 aromatic carbocycles. The fourth-order valence-electron chi connectivity index (χ4n) is 3.36. The number of carboxylic acid groups (broad SMARTS) is 1. The molecule has 1 aromatic heterocycles. The van der Waals surface area contributed by atoms with Crippen molar-refractivity contribution in [2.75, 3.05) is 0 Å². The maximum Gasteiger partial charge on any atom is 0.328 e. The van der Waals surface area contributed by atoms with Crippen molar-refractivity contribution in [3.63, 3.8) is 0 Å². The fraction of sp³-hybridized carbons (Fsp3) is 0.227. The third-order valence-corrected chi connectivity index (χ3v) is 5.01. The Hall–Kier alpha value is -3.75. The highest BCUT2D eigenvalue weighted by atomic mass is 19.1. The first-order valence-corrected chi connectivity index (χ1v) is 9.30. The van der Waals surface area contributed by atoms with E-state index in [1.807, 2.05) is 0 Å². The molecule has 0 aliphatic carbocycles. The van der Waals surface area contributed by atoms with Crippen LogP contribution in [0.3, 0.4) is 0 Å². The number of carbonyl (C=O) groups excluding carboxylic acids is 2. The number of rotatable bonds is 5. The zero-order valence-electron chi connectivity index (χ0n) is 17.0. The number of aromatic nitrogens is 1. The Labute approximate surface area is 175 Å². The Kier molecular flexibility index (Phi) is 5.54. The van der Waals surface area contributed by atoms with Gasteiger partial charge in [0.25, 0.3) is 5.91 Å². The third kappa shape index (κ3) is 3.98. The summed E-state index contributed by atoms with van der Waals surface area (Å²) in [6, 6.07) is 7.36. The number of aromatic hydroxyl groups is 1. The molecule has 0 atom stereocenters. The normalized spacial score (nSPS) is 11.5. The molecule has 0 aliphatic heterocycles. The van der Waals surface area contributed by atoms with Gasteiger partial charge in [0.05, 0.1) is 11.9 Å². The fourth-order valence-corrected chi connectivity index (χ4v) is 3.36. The van der Waals surface area contributed by atoms with Gasteiger partial charge in [-0.2, -0.15) is 0 Å². The number of phenolic OH excluding ortho intramolecular Hbond substituents is 1. The van der Waals surface area contributed by atoms with Gasteiger partial charge in [-0.25, -0.2) is 13.6 Å². The molecule has 162 valence electrons. The minimum absolute atomic E-state index is 0.0106. The van der Waals surface area contributed by atoms with E-state index in [0.717, 1.165) is 16.7 Å². The second-order valence-corrected chi connectivity index (χ2v) is 7.66. The SMILES string of the molecule is Cc1c(CC(=O)NC(C)(C)C(=O)O)c2c(F)c(O)ccc2n1C(=O)c1cccc(F)c1. The van der Waals surface area contributed by atoms with E-state index < -0.39 is 47.1 Å². The summed E-state index contributed by atoms with van der Waals surface area (Å²) in [5.74, 6) is -4.94. The quantitative estimate of drug-likeness (QED) is 0.576. The number of carbonyl (C=O) groups is 3. The topological polar surface area (TPSA) is 109 Å². The molecule has 9 heteroatoms. The van der Waals surface area contributed by atoms with Crippen molar-refractivity contribution in [1.82, 2.24) is 9.88 Å². The molecule has 0 fully saturated rings. The van der Waals surface area contributed by atoms with E-state index in [1.165, 1.54) is 45.0 Å². The van der Waals surface area contributed by atoms with E-state index in [9.17, 15) is 33.4 Å². The molecular weight excluding hydrogens is 410 g/mol. The van der Waals surface area contributed by atoms with Crippen molar-refractivity contribution in [1.29, 1.82) is 0 Å². The number of nitrogens with zero attached hydrogens (tertiary/aromatic N) is 1. The lowest BCUT2D eigenvalue weighted by atomic mass is 10.0. The molecule has 1 amide bonds. The van der Waals surface area contributed by atoms with Gasteiger partial charge in [0, 0.05) is 16.6 Å². The number of hydrogen-bond acceptors (Lipinski definition) is 4. The average Bonchev–Trinajstić information content (AvgIpc) is 2.95. The van der Waals surface area contributed by atoms with Crippen LogP contribution in [-0.2, 0) is 16.0 Å². The summed E-state index contributed by atoms with van der Waals surface area (Å²) in [6.45, 7) is 4.07. The van der Waals surface area contributed by atoms with Crippen LogP contribution in [0.5, 0.6) is 5.75 Å². The van der Waals surface area contributed by atoms with Crippen LogP contribution in [0.2, 0.25) is 0 Å². The van der Waals surface area contributed by atoms with Crippen molar-refractivity contribution in [2.24, 2.45) is 0 Å². The summed E-state index contributed by atoms with van der Waals surface area (Å²) >= 11 is 0. The first-order valence-electron chi connectivity index (χ1n) is 9.30. The highest BCUT2D eigenvalue weighted by Crippen LogP contribution is 2.33. The highest BCUT2D eigenvalue weighted by Gasteiger charge is 2.31. The van der Waals surface area contributed by atoms with Crippen LogP contribution < -0.4 is 5.32 Å². The van der Waals surface area contributed by atoms with Crippen molar-refractivity contribution in [3.8, 4) is 5.75 Å². The second kappa shape index (κ2) is 7.82. The van der Waals surface area contributed by atoms with Gasteiger partial charge in [0.2, 0.25) is 5.91 Å². The molecule has 0 aliphatic rings. The predicted molar refractivity (Wildman–Crippen MR) is 108 cm³/mol. The van der Waals surface area contributed by atoms with Crippen molar-refractivity contribution in [2.45, 2.75) is 32.7 Å². The van der Waals surface area contributed by atoms with Gasteiger partial charge in [0.15, 0.2) is 11.6 Å². The smallest absolute Gasteiger partial charge is 0.328 e. The van der Waals surface area contributed by atoms with Crippen LogP contribution in [0, 0.1) is 18.6 Å². The maximum atomic E-state index is 14.8. The van der Waals surface area contributed by atoms with Gasteiger partial charge in [-0.05, 0) is 56.7 Å². The standard InChI is InChI=1S/C22H20F2N2O5/c1-11-14(10-17(28)25-22(2,3)21(30)31)18-15(7-8-16(27)19(18)24)26(11)20(29)12-5-4-6-13(23)9-12/h4-9,27H,10H2,1-3H3,(H,25,28)(H,30,31). The molecule has 1 heterocycles. The van der Waals surface area contributed by atoms with Gasteiger partial charge >= 0.3 is 5.97 Å².